The minimum absolute atomic E-state index is 0.0707. The number of benzene rings is 1. The number of rotatable bonds is 6. The summed E-state index contributed by atoms with van der Waals surface area (Å²) in [6.07, 6.45) is 10.8. The minimum atomic E-state index is -0.728. The van der Waals surface area contributed by atoms with E-state index in [0.29, 0.717) is 0 Å². The number of hydrogen-bond acceptors (Lipinski definition) is 3. The highest BCUT2D eigenvalue weighted by molar-refractivity contribution is 5.98. The van der Waals surface area contributed by atoms with Crippen molar-refractivity contribution in [1.29, 1.82) is 0 Å². The highest BCUT2D eigenvalue weighted by Crippen LogP contribution is 2.28. The Bertz CT molecular complexity index is 716. The Hall–Kier alpha value is -2.14. The molecule has 1 aliphatic carbocycles. The Kier molecular flexibility index (Phi) is 5.53. The molecule has 3 rings (SSSR count). The molecule has 1 aromatic carbocycles. The number of anilines is 1. The maximum absolute atomic E-state index is 12.6. The molecule has 0 aliphatic heterocycles. The van der Waals surface area contributed by atoms with Crippen molar-refractivity contribution in [3.63, 3.8) is 0 Å². The van der Waals surface area contributed by atoms with Crippen molar-refractivity contribution in [2.75, 3.05) is 5.32 Å². The first-order valence-electron chi connectivity index (χ1n) is 9.34. The van der Waals surface area contributed by atoms with Gasteiger partial charge in [-0.25, -0.2) is 4.98 Å². The van der Waals surface area contributed by atoms with E-state index in [2.05, 4.69) is 21.8 Å². The first-order chi connectivity index (χ1) is 12.1. The van der Waals surface area contributed by atoms with Crippen LogP contribution in [0.2, 0.25) is 0 Å². The monoisotopic (exact) mass is 340 g/mol. The Morgan fingerprint density at radius 2 is 2.12 bits per heavy atom. The maximum atomic E-state index is 12.6. The van der Waals surface area contributed by atoms with E-state index in [1.165, 1.54) is 6.42 Å². The van der Waals surface area contributed by atoms with Crippen molar-refractivity contribution < 1.29 is 4.79 Å². The molecule has 0 atom stereocenters. The largest absolute Gasteiger partial charge is 0.331 e. The topological polar surface area (TPSA) is 72.9 Å². The molecule has 5 nitrogen and oxygen atoms in total. The summed E-state index contributed by atoms with van der Waals surface area (Å²) in [5.41, 5.74) is 7.39. The van der Waals surface area contributed by atoms with Crippen molar-refractivity contribution in [1.82, 2.24) is 9.55 Å². The first kappa shape index (κ1) is 17.7. The van der Waals surface area contributed by atoms with Crippen molar-refractivity contribution in [3.8, 4) is 11.4 Å². The fourth-order valence-electron chi connectivity index (χ4n) is 3.48. The minimum Gasteiger partial charge on any atom is -0.331 e. The van der Waals surface area contributed by atoms with Crippen LogP contribution >= 0.6 is 0 Å². The second-order valence-electron chi connectivity index (χ2n) is 7.05. The third-order valence-corrected chi connectivity index (χ3v) is 5.04. The van der Waals surface area contributed by atoms with E-state index in [0.717, 1.165) is 62.1 Å². The summed E-state index contributed by atoms with van der Waals surface area (Å²) >= 11 is 0. The molecule has 1 fully saturated rings. The van der Waals surface area contributed by atoms with Gasteiger partial charge in [0.15, 0.2) is 0 Å². The number of nitrogens with one attached hydrogen (secondary N) is 1. The van der Waals surface area contributed by atoms with Gasteiger partial charge in [0, 0.05) is 30.2 Å². The van der Waals surface area contributed by atoms with E-state index in [4.69, 9.17) is 5.73 Å². The predicted molar refractivity (Wildman–Crippen MR) is 101 cm³/mol. The third kappa shape index (κ3) is 4.10. The summed E-state index contributed by atoms with van der Waals surface area (Å²) in [5.74, 6) is 0.864. The maximum Gasteiger partial charge on any atom is 0.244 e. The summed E-state index contributed by atoms with van der Waals surface area (Å²) in [7, 11) is 0. The van der Waals surface area contributed by atoms with Crippen LogP contribution in [0.5, 0.6) is 0 Å². The van der Waals surface area contributed by atoms with Gasteiger partial charge < -0.3 is 15.6 Å². The van der Waals surface area contributed by atoms with E-state index in [1.807, 2.05) is 36.7 Å². The van der Waals surface area contributed by atoms with Crippen molar-refractivity contribution in [3.05, 3.63) is 36.7 Å². The summed E-state index contributed by atoms with van der Waals surface area (Å²) in [5, 5.41) is 3.02. The quantitative estimate of drug-likeness (QED) is 0.836. The molecule has 134 valence electrons. The molecule has 5 heteroatoms. The van der Waals surface area contributed by atoms with Gasteiger partial charge in [-0.05, 0) is 31.4 Å². The molecule has 1 aliphatic rings. The lowest BCUT2D eigenvalue weighted by atomic mass is 9.82. The summed E-state index contributed by atoms with van der Waals surface area (Å²) in [6, 6.07) is 7.87. The fraction of sp³-hybridized carbons (Fsp3) is 0.500. The molecule has 3 N–H and O–H groups in total. The number of aromatic nitrogens is 2. The molecule has 1 amide bonds. The standard InChI is InChI=1S/C20H28N4O/c1-2-3-13-24-14-12-22-18(24)16-8-7-9-17(15-16)23-19(25)20(21)10-5-4-6-11-20/h7-9,12,14-15H,2-6,10-11,13,21H2,1H3,(H,23,25). The van der Waals surface area contributed by atoms with Crippen LogP contribution in [0, 0.1) is 0 Å². The lowest BCUT2D eigenvalue weighted by Gasteiger charge is -2.31. The van der Waals surface area contributed by atoms with Crippen LogP contribution in [-0.4, -0.2) is 21.0 Å². The molecule has 25 heavy (non-hydrogen) atoms. The van der Waals surface area contributed by atoms with Gasteiger partial charge >= 0.3 is 0 Å². The van der Waals surface area contributed by atoms with Gasteiger partial charge in [-0.3, -0.25) is 4.79 Å². The second-order valence-corrected chi connectivity index (χ2v) is 7.05. The van der Waals surface area contributed by atoms with Gasteiger partial charge in [0.2, 0.25) is 5.91 Å². The number of nitrogens with two attached hydrogens (primary N) is 1. The molecule has 2 aromatic rings. The average Bonchev–Trinajstić information content (AvgIpc) is 3.09. The van der Waals surface area contributed by atoms with E-state index < -0.39 is 5.54 Å². The fourth-order valence-corrected chi connectivity index (χ4v) is 3.48. The van der Waals surface area contributed by atoms with Crippen molar-refractivity contribution >= 4 is 11.6 Å². The Morgan fingerprint density at radius 1 is 1.32 bits per heavy atom. The Labute approximate surface area is 149 Å². The van der Waals surface area contributed by atoms with E-state index in [1.54, 1.807) is 0 Å². The number of unbranched alkanes of at least 4 members (excludes halogenated alkanes) is 1. The molecule has 0 unspecified atom stereocenters. The molecule has 0 spiro atoms. The van der Waals surface area contributed by atoms with Crippen LogP contribution in [0.3, 0.4) is 0 Å². The van der Waals surface area contributed by atoms with Crippen LogP contribution in [0.25, 0.3) is 11.4 Å². The lowest BCUT2D eigenvalue weighted by molar-refractivity contribution is -0.122. The molecular formula is C20H28N4O. The normalized spacial score (nSPS) is 16.6. The molecule has 1 saturated carbocycles. The second kappa shape index (κ2) is 7.83. The lowest BCUT2D eigenvalue weighted by Crippen LogP contribution is -2.52. The zero-order chi connectivity index (χ0) is 17.7. The van der Waals surface area contributed by atoms with Crippen LogP contribution in [0.15, 0.2) is 36.7 Å². The van der Waals surface area contributed by atoms with Crippen molar-refractivity contribution in [2.24, 2.45) is 5.73 Å². The van der Waals surface area contributed by atoms with Gasteiger partial charge in [0.25, 0.3) is 0 Å². The van der Waals surface area contributed by atoms with Crippen LogP contribution in [0.1, 0.15) is 51.9 Å². The van der Waals surface area contributed by atoms with Crippen LogP contribution in [-0.2, 0) is 11.3 Å². The van der Waals surface area contributed by atoms with Gasteiger partial charge in [0.1, 0.15) is 5.82 Å². The highest BCUT2D eigenvalue weighted by atomic mass is 16.2. The summed E-state index contributed by atoms with van der Waals surface area (Å²) < 4.78 is 2.16. The van der Waals surface area contributed by atoms with Crippen LogP contribution in [0.4, 0.5) is 5.69 Å². The average molecular weight is 340 g/mol. The number of hydrogen-bond donors (Lipinski definition) is 2. The number of aryl methyl sites for hydroxylation is 1. The van der Waals surface area contributed by atoms with Crippen LogP contribution < -0.4 is 11.1 Å². The van der Waals surface area contributed by atoms with Gasteiger partial charge in [-0.1, -0.05) is 44.7 Å². The van der Waals surface area contributed by atoms with E-state index in [9.17, 15) is 4.79 Å². The number of nitrogens with zero attached hydrogens (tertiary/aromatic N) is 2. The number of carbonyl (C=O) groups excluding carboxylic acids is 1. The summed E-state index contributed by atoms with van der Waals surface area (Å²) in [6.45, 7) is 3.13. The first-order valence-corrected chi connectivity index (χ1v) is 9.34. The number of carbonyl (C=O) groups is 1. The Morgan fingerprint density at radius 3 is 2.88 bits per heavy atom. The molecule has 0 saturated heterocycles. The molecule has 0 radical (unpaired) electrons. The summed E-state index contributed by atoms with van der Waals surface area (Å²) in [4.78, 5) is 17.1. The predicted octanol–water partition coefficient (Wildman–Crippen LogP) is 3.95. The zero-order valence-electron chi connectivity index (χ0n) is 15.0. The SMILES string of the molecule is CCCCn1ccnc1-c1cccc(NC(=O)C2(N)CCCCC2)c1. The van der Waals surface area contributed by atoms with Gasteiger partial charge in [-0.15, -0.1) is 0 Å². The molecular weight excluding hydrogens is 312 g/mol. The molecule has 1 heterocycles. The Balaban J connectivity index is 1.76. The highest BCUT2D eigenvalue weighted by Gasteiger charge is 2.35. The van der Waals surface area contributed by atoms with E-state index in [-0.39, 0.29) is 5.91 Å². The third-order valence-electron chi connectivity index (χ3n) is 5.04. The van der Waals surface area contributed by atoms with Gasteiger partial charge in [-0.2, -0.15) is 0 Å². The van der Waals surface area contributed by atoms with Crippen molar-refractivity contribution in [2.45, 2.75) is 64.0 Å². The van der Waals surface area contributed by atoms with E-state index >= 15 is 0 Å². The number of imidazole rings is 1. The van der Waals surface area contributed by atoms with Gasteiger partial charge in [0.05, 0.1) is 5.54 Å². The molecule has 0 bridgehead atoms. The number of amides is 1. The zero-order valence-corrected chi connectivity index (χ0v) is 15.0. The molecule has 1 aromatic heterocycles. The smallest absolute Gasteiger partial charge is 0.244 e.